The van der Waals surface area contributed by atoms with Gasteiger partial charge in [-0.2, -0.15) is 41.2 Å². The van der Waals surface area contributed by atoms with Crippen molar-refractivity contribution in [3.05, 3.63) is 46.7 Å². The minimum absolute atomic E-state index is 0.00831. The molecule has 0 unspecified atom stereocenters. The van der Waals surface area contributed by atoms with Gasteiger partial charge in [-0.15, -0.1) is 0 Å². The molecule has 0 atom stereocenters. The van der Waals surface area contributed by atoms with Gasteiger partial charge in [-0.1, -0.05) is 11.6 Å². The zero-order chi connectivity index (χ0) is 21.7. The highest BCUT2D eigenvalue weighted by Crippen LogP contribution is 2.43. The van der Waals surface area contributed by atoms with Gasteiger partial charge in [0.05, 0.1) is 11.1 Å². The molecule has 0 saturated heterocycles. The number of hydrogen-bond donors (Lipinski definition) is 1. The quantitative estimate of drug-likeness (QED) is 0.543. The Morgan fingerprint density at radius 1 is 1.00 bits per heavy atom. The van der Waals surface area contributed by atoms with E-state index in [0.717, 1.165) is 10.7 Å². The number of hydrogen-bond acceptors (Lipinski definition) is 3. The maximum Gasteiger partial charge on any atom is 0.435 e. The van der Waals surface area contributed by atoms with E-state index >= 15 is 0 Å². The summed E-state index contributed by atoms with van der Waals surface area (Å²) < 4.78 is 82.3. The minimum Gasteiger partial charge on any atom is -0.383 e. The first kappa shape index (κ1) is 21.0. The van der Waals surface area contributed by atoms with Gasteiger partial charge in [-0.05, 0) is 37.6 Å². The molecular formula is C17H14ClF6N5. The van der Waals surface area contributed by atoms with E-state index in [1.54, 1.807) is 13.8 Å². The molecule has 0 radical (unpaired) electrons. The van der Waals surface area contributed by atoms with E-state index < -0.39 is 40.6 Å². The Morgan fingerprint density at radius 2 is 1.66 bits per heavy atom. The lowest BCUT2D eigenvalue weighted by Crippen LogP contribution is -2.09. The normalized spacial score (nSPS) is 12.8. The second-order valence-corrected chi connectivity index (χ2v) is 6.93. The lowest BCUT2D eigenvalue weighted by Gasteiger charge is -2.11. The van der Waals surface area contributed by atoms with E-state index in [2.05, 4.69) is 10.2 Å². The number of nitrogens with two attached hydrogens (primary N) is 1. The molecule has 2 heterocycles. The summed E-state index contributed by atoms with van der Waals surface area (Å²) in [5.41, 5.74) is 2.08. The van der Waals surface area contributed by atoms with Crippen molar-refractivity contribution in [2.75, 3.05) is 5.73 Å². The van der Waals surface area contributed by atoms with Crippen LogP contribution in [0.1, 0.15) is 31.1 Å². The third-order valence-electron chi connectivity index (χ3n) is 4.04. The number of aromatic nitrogens is 4. The Bertz CT molecular complexity index is 1050. The molecule has 2 N–H and O–H groups in total. The van der Waals surface area contributed by atoms with E-state index in [-0.39, 0.29) is 16.9 Å². The minimum atomic E-state index is -4.98. The molecule has 5 nitrogen and oxygen atoms in total. The number of nitrogen functional groups attached to an aromatic ring is 1. The first-order chi connectivity index (χ1) is 13.3. The van der Waals surface area contributed by atoms with E-state index in [0.29, 0.717) is 12.1 Å². The van der Waals surface area contributed by atoms with Crippen molar-refractivity contribution >= 4 is 17.4 Å². The highest BCUT2D eigenvalue weighted by molar-refractivity contribution is 6.31. The Labute approximate surface area is 165 Å². The van der Waals surface area contributed by atoms with Gasteiger partial charge in [-0.25, -0.2) is 0 Å². The molecule has 0 amide bonds. The van der Waals surface area contributed by atoms with Crippen molar-refractivity contribution in [3.63, 3.8) is 0 Å². The molecule has 0 saturated carbocycles. The molecule has 0 aliphatic carbocycles. The average molecular weight is 438 g/mol. The van der Waals surface area contributed by atoms with Crippen molar-refractivity contribution in [1.29, 1.82) is 0 Å². The monoisotopic (exact) mass is 437 g/mol. The summed E-state index contributed by atoms with van der Waals surface area (Å²) in [6.07, 6.45) is -8.26. The average Bonchev–Trinajstić information content (AvgIpc) is 3.17. The maximum absolute atomic E-state index is 13.6. The van der Waals surface area contributed by atoms with Crippen LogP contribution in [0.4, 0.5) is 32.2 Å². The first-order valence-electron chi connectivity index (χ1n) is 8.18. The van der Waals surface area contributed by atoms with Crippen molar-refractivity contribution in [1.82, 2.24) is 19.6 Å². The Hall–Kier alpha value is -2.69. The van der Waals surface area contributed by atoms with Crippen LogP contribution in [-0.4, -0.2) is 19.6 Å². The lowest BCUT2D eigenvalue weighted by atomic mass is 10.0. The van der Waals surface area contributed by atoms with E-state index in [1.165, 1.54) is 16.9 Å². The third kappa shape index (κ3) is 4.04. The van der Waals surface area contributed by atoms with Crippen LogP contribution in [0.25, 0.3) is 16.9 Å². The number of anilines is 1. The Kier molecular flexibility index (Phi) is 5.06. The fourth-order valence-corrected chi connectivity index (χ4v) is 2.95. The van der Waals surface area contributed by atoms with E-state index in [1.807, 2.05) is 0 Å². The molecular weight excluding hydrogens is 424 g/mol. The standard InChI is InChI=1S/C17H14ClF6N5/c1-8(2)28-4-3-12(26-28)29-15(25)13(14(27-29)17(22,23)24)9-5-10(16(19,20)21)7-11(18)6-9/h3-8H,25H2,1-2H3. The molecule has 0 aliphatic heterocycles. The van der Waals surface area contributed by atoms with Crippen LogP contribution in [0, 0.1) is 0 Å². The molecule has 0 bridgehead atoms. The zero-order valence-corrected chi connectivity index (χ0v) is 15.7. The first-order valence-corrected chi connectivity index (χ1v) is 8.56. The number of benzene rings is 1. The lowest BCUT2D eigenvalue weighted by molar-refractivity contribution is -0.140. The molecule has 3 rings (SSSR count). The molecule has 1 aromatic carbocycles. The van der Waals surface area contributed by atoms with Gasteiger partial charge in [0.2, 0.25) is 0 Å². The molecule has 2 aromatic heterocycles. The van der Waals surface area contributed by atoms with Gasteiger partial charge < -0.3 is 5.73 Å². The fraction of sp³-hybridized carbons (Fsp3) is 0.294. The smallest absolute Gasteiger partial charge is 0.383 e. The SMILES string of the molecule is CC(C)n1ccc(-n2nc(C(F)(F)F)c(-c3cc(Cl)cc(C(F)(F)F)c3)c2N)n1. The van der Waals surface area contributed by atoms with Crippen LogP contribution in [0.15, 0.2) is 30.5 Å². The molecule has 156 valence electrons. The van der Waals surface area contributed by atoms with Crippen LogP contribution in [0.3, 0.4) is 0 Å². The fourth-order valence-electron chi connectivity index (χ4n) is 2.71. The van der Waals surface area contributed by atoms with Crippen LogP contribution in [0.2, 0.25) is 5.02 Å². The summed E-state index contributed by atoms with van der Waals surface area (Å²) in [7, 11) is 0. The van der Waals surface area contributed by atoms with Crippen molar-refractivity contribution in [2.24, 2.45) is 0 Å². The Morgan fingerprint density at radius 3 is 2.17 bits per heavy atom. The predicted molar refractivity (Wildman–Crippen MR) is 94.6 cm³/mol. The summed E-state index contributed by atoms with van der Waals surface area (Å²) in [5.74, 6) is -0.521. The van der Waals surface area contributed by atoms with Crippen molar-refractivity contribution in [3.8, 4) is 16.9 Å². The molecule has 12 heteroatoms. The Balaban J connectivity index is 2.26. The molecule has 0 aliphatic rings. The van der Waals surface area contributed by atoms with Crippen LogP contribution in [0.5, 0.6) is 0 Å². The van der Waals surface area contributed by atoms with Crippen LogP contribution >= 0.6 is 11.6 Å². The van der Waals surface area contributed by atoms with Crippen LogP contribution < -0.4 is 5.73 Å². The summed E-state index contributed by atoms with van der Waals surface area (Å²) >= 11 is 5.72. The summed E-state index contributed by atoms with van der Waals surface area (Å²) in [4.78, 5) is 0. The van der Waals surface area contributed by atoms with Gasteiger partial charge in [0, 0.05) is 23.3 Å². The van der Waals surface area contributed by atoms with E-state index in [4.69, 9.17) is 17.3 Å². The second-order valence-electron chi connectivity index (χ2n) is 6.49. The largest absolute Gasteiger partial charge is 0.435 e. The second kappa shape index (κ2) is 6.97. The summed E-state index contributed by atoms with van der Waals surface area (Å²) in [6.45, 7) is 3.61. The highest BCUT2D eigenvalue weighted by atomic mass is 35.5. The zero-order valence-electron chi connectivity index (χ0n) is 15.0. The van der Waals surface area contributed by atoms with Crippen LogP contribution in [-0.2, 0) is 12.4 Å². The number of nitrogens with zero attached hydrogens (tertiary/aromatic N) is 4. The van der Waals surface area contributed by atoms with Crippen molar-refractivity contribution in [2.45, 2.75) is 32.2 Å². The topological polar surface area (TPSA) is 61.7 Å². The summed E-state index contributed by atoms with van der Waals surface area (Å²) in [6, 6.07) is 3.45. The molecule has 29 heavy (non-hydrogen) atoms. The van der Waals surface area contributed by atoms with Gasteiger partial charge in [0.25, 0.3) is 0 Å². The predicted octanol–water partition coefficient (Wildman–Crippen LogP) is 5.59. The van der Waals surface area contributed by atoms with E-state index in [9.17, 15) is 26.3 Å². The van der Waals surface area contributed by atoms with Gasteiger partial charge >= 0.3 is 12.4 Å². The summed E-state index contributed by atoms with van der Waals surface area (Å²) in [5, 5.41) is 7.21. The third-order valence-corrected chi connectivity index (χ3v) is 4.26. The van der Waals surface area contributed by atoms with Gasteiger partial charge in [-0.3, -0.25) is 4.68 Å². The molecule has 0 spiro atoms. The number of rotatable bonds is 3. The number of alkyl halides is 6. The van der Waals surface area contributed by atoms with Gasteiger partial charge in [0.1, 0.15) is 5.82 Å². The molecule has 3 aromatic rings. The van der Waals surface area contributed by atoms with Crippen molar-refractivity contribution < 1.29 is 26.3 Å². The maximum atomic E-state index is 13.6. The highest BCUT2D eigenvalue weighted by Gasteiger charge is 2.40. The number of halogens is 7. The van der Waals surface area contributed by atoms with Gasteiger partial charge in [0.15, 0.2) is 11.5 Å². The molecule has 0 fully saturated rings.